The van der Waals surface area contributed by atoms with E-state index in [9.17, 15) is 9.90 Å². The Hall–Kier alpha value is -3.58. The van der Waals surface area contributed by atoms with E-state index in [-0.39, 0.29) is 18.7 Å². The van der Waals surface area contributed by atoms with E-state index < -0.39 is 6.10 Å². The highest BCUT2D eigenvalue weighted by molar-refractivity contribution is 5.80. The van der Waals surface area contributed by atoms with Gasteiger partial charge in [-0.1, -0.05) is 24.3 Å². The van der Waals surface area contributed by atoms with Gasteiger partial charge in [0.2, 0.25) is 0 Å². The van der Waals surface area contributed by atoms with Gasteiger partial charge in [0.1, 0.15) is 18.4 Å². The molecule has 2 aromatic carbocycles. The summed E-state index contributed by atoms with van der Waals surface area (Å²) in [5.41, 5.74) is 3.04. The molecule has 160 valence electrons. The highest BCUT2D eigenvalue weighted by Crippen LogP contribution is 2.28. The zero-order valence-electron chi connectivity index (χ0n) is 17.6. The lowest BCUT2D eigenvalue weighted by molar-refractivity contribution is 0.0910. The topological polar surface area (TPSA) is 78.0 Å². The van der Waals surface area contributed by atoms with Crippen molar-refractivity contribution < 1.29 is 14.6 Å². The predicted octanol–water partition coefficient (Wildman–Crippen LogP) is 3.13. The lowest BCUT2D eigenvalue weighted by atomic mass is 10.1. The smallest absolute Gasteiger partial charge is 0.261 e. The molecule has 0 aliphatic carbocycles. The molecule has 7 nitrogen and oxygen atoms in total. The minimum atomic E-state index is -0.907. The van der Waals surface area contributed by atoms with Crippen molar-refractivity contribution in [3.8, 4) is 11.5 Å². The Balaban J connectivity index is 1.59. The Kier molecular flexibility index (Phi) is 5.77. The van der Waals surface area contributed by atoms with Gasteiger partial charge in [-0.3, -0.25) is 9.36 Å². The van der Waals surface area contributed by atoms with Crippen LogP contribution in [-0.4, -0.2) is 39.1 Å². The highest BCUT2D eigenvalue weighted by atomic mass is 16.5. The molecular weight excluding hydrogens is 394 g/mol. The van der Waals surface area contributed by atoms with E-state index in [1.54, 1.807) is 22.3 Å². The lowest BCUT2D eigenvalue weighted by Crippen LogP contribution is -2.31. The zero-order chi connectivity index (χ0) is 22.0. The van der Waals surface area contributed by atoms with Gasteiger partial charge in [-0.2, -0.15) is 5.10 Å². The minimum absolute atomic E-state index is 0.00963. The number of benzene rings is 2. The van der Waals surface area contributed by atoms with E-state index in [0.717, 1.165) is 23.2 Å². The SMILES string of the molecule is C=CCc1ccc(OCC(O)Cn2c(=O)c3ccccc3n3nc(C)cc23)c(OC)c1. The summed E-state index contributed by atoms with van der Waals surface area (Å²) in [4.78, 5) is 13.1. The van der Waals surface area contributed by atoms with E-state index in [4.69, 9.17) is 9.47 Å². The third-order valence-electron chi connectivity index (χ3n) is 5.13. The van der Waals surface area contributed by atoms with Crippen LogP contribution < -0.4 is 15.0 Å². The summed E-state index contributed by atoms with van der Waals surface area (Å²) in [6.07, 6.45) is 1.64. The Morgan fingerprint density at radius 3 is 2.77 bits per heavy atom. The van der Waals surface area contributed by atoms with Crippen LogP contribution in [0.1, 0.15) is 11.3 Å². The molecule has 0 spiro atoms. The maximum Gasteiger partial charge on any atom is 0.261 e. The van der Waals surface area contributed by atoms with Gasteiger partial charge in [0, 0.05) is 6.07 Å². The molecule has 2 aromatic heterocycles. The number of aliphatic hydroxyl groups is 1. The first-order valence-electron chi connectivity index (χ1n) is 10.1. The lowest BCUT2D eigenvalue weighted by Gasteiger charge is -2.17. The van der Waals surface area contributed by atoms with E-state index in [0.29, 0.717) is 22.5 Å². The molecular formula is C24H25N3O4. The molecule has 1 N–H and O–H groups in total. The number of rotatable bonds is 8. The first-order valence-corrected chi connectivity index (χ1v) is 10.1. The first kappa shape index (κ1) is 20.7. The Bertz CT molecular complexity index is 1310. The fraction of sp³-hybridized carbons (Fsp3) is 0.250. The minimum Gasteiger partial charge on any atom is -0.493 e. The van der Waals surface area contributed by atoms with Crippen molar-refractivity contribution in [3.05, 3.63) is 82.8 Å². The fourth-order valence-electron chi connectivity index (χ4n) is 3.69. The normalized spacial score (nSPS) is 12.2. The maximum atomic E-state index is 13.1. The molecule has 4 aromatic rings. The van der Waals surface area contributed by atoms with Crippen LogP contribution in [0.5, 0.6) is 11.5 Å². The van der Waals surface area contributed by atoms with Gasteiger partial charge >= 0.3 is 0 Å². The number of hydrogen-bond acceptors (Lipinski definition) is 5. The van der Waals surface area contributed by atoms with Crippen molar-refractivity contribution in [3.63, 3.8) is 0 Å². The monoisotopic (exact) mass is 419 g/mol. The summed E-state index contributed by atoms with van der Waals surface area (Å²) in [5, 5.41) is 15.7. The number of aliphatic hydroxyl groups excluding tert-OH is 1. The summed E-state index contributed by atoms with van der Waals surface area (Å²) >= 11 is 0. The zero-order valence-corrected chi connectivity index (χ0v) is 17.6. The molecule has 4 rings (SSSR count). The molecule has 31 heavy (non-hydrogen) atoms. The van der Waals surface area contributed by atoms with Crippen LogP contribution in [0.25, 0.3) is 16.6 Å². The number of para-hydroxylation sites is 1. The van der Waals surface area contributed by atoms with Crippen molar-refractivity contribution in [2.75, 3.05) is 13.7 Å². The second-order valence-corrected chi connectivity index (χ2v) is 7.43. The van der Waals surface area contributed by atoms with Crippen molar-refractivity contribution >= 4 is 16.6 Å². The molecule has 1 atom stereocenters. The number of methoxy groups -OCH3 is 1. The number of fused-ring (bicyclic) bond motifs is 3. The fourth-order valence-corrected chi connectivity index (χ4v) is 3.69. The predicted molar refractivity (Wildman–Crippen MR) is 120 cm³/mol. The van der Waals surface area contributed by atoms with Crippen LogP contribution in [0.2, 0.25) is 0 Å². The van der Waals surface area contributed by atoms with Crippen LogP contribution in [0.3, 0.4) is 0 Å². The van der Waals surface area contributed by atoms with Gasteiger partial charge in [-0.05, 0) is 43.2 Å². The van der Waals surface area contributed by atoms with Crippen LogP contribution in [0.4, 0.5) is 0 Å². The largest absolute Gasteiger partial charge is 0.493 e. The highest BCUT2D eigenvalue weighted by Gasteiger charge is 2.16. The Morgan fingerprint density at radius 1 is 1.19 bits per heavy atom. The number of aromatic nitrogens is 3. The summed E-state index contributed by atoms with van der Waals surface area (Å²) in [7, 11) is 1.57. The quantitative estimate of drug-likeness (QED) is 0.444. The van der Waals surface area contributed by atoms with Crippen molar-refractivity contribution in [2.45, 2.75) is 26.0 Å². The summed E-state index contributed by atoms with van der Waals surface area (Å²) < 4.78 is 14.5. The molecule has 0 aliphatic heterocycles. The Morgan fingerprint density at radius 2 is 2.00 bits per heavy atom. The number of nitrogens with zero attached hydrogens (tertiary/aromatic N) is 3. The summed E-state index contributed by atoms with van der Waals surface area (Å²) in [6.45, 7) is 5.70. The molecule has 0 fully saturated rings. The van der Waals surface area contributed by atoms with Crippen LogP contribution in [0.15, 0.2) is 66.0 Å². The molecule has 2 heterocycles. The third-order valence-corrected chi connectivity index (χ3v) is 5.13. The molecule has 7 heteroatoms. The van der Waals surface area contributed by atoms with Crippen LogP contribution in [0, 0.1) is 6.92 Å². The van der Waals surface area contributed by atoms with E-state index >= 15 is 0 Å². The van der Waals surface area contributed by atoms with Gasteiger partial charge in [0.15, 0.2) is 11.5 Å². The van der Waals surface area contributed by atoms with E-state index in [2.05, 4.69) is 11.7 Å². The van der Waals surface area contributed by atoms with Crippen molar-refractivity contribution in [1.82, 2.24) is 14.2 Å². The average molecular weight is 419 g/mol. The standard InChI is InChI=1S/C24H25N3O4/c1-4-7-17-10-11-21(22(13-17)30-3)31-15-18(28)14-26-23-12-16(2)25-27(23)20-9-6-5-8-19(20)24(26)29/h4-6,8-13,18,28H,1,7,14-15H2,2-3H3. The number of ether oxygens (including phenoxy) is 2. The number of aryl methyl sites for hydroxylation is 1. The van der Waals surface area contributed by atoms with Crippen LogP contribution >= 0.6 is 0 Å². The van der Waals surface area contributed by atoms with Crippen molar-refractivity contribution in [1.29, 1.82) is 0 Å². The maximum absolute atomic E-state index is 13.1. The van der Waals surface area contributed by atoms with E-state index in [1.165, 1.54) is 0 Å². The Labute approximate surface area is 179 Å². The number of allylic oxidation sites excluding steroid dienone is 1. The van der Waals surface area contributed by atoms with Crippen LogP contribution in [-0.2, 0) is 13.0 Å². The average Bonchev–Trinajstić information content (AvgIpc) is 3.17. The van der Waals surface area contributed by atoms with Gasteiger partial charge < -0.3 is 14.6 Å². The molecule has 0 bridgehead atoms. The number of hydrogen-bond donors (Lipinski definition) is 1. The molecule has 0 aliphatic rings. The summed E-state index contributed by atoms with van der Waals surface area (Å²) in [5.74, 6) is 1.12. The molecule has 1 unspecified atom stereocenters. The summed E-state index contributed by atoms with van der Waals surface area (Å²) in [6, 6.07) is 14.8. The van der Waals surface area contributed by atoms with Crippen molar-refractivity contribution in [2.24, 2.45) is 0 Å². The second kappa shape index (κ2) is 8.65. The molecule has 0 radical (unpaired) electrons. The van der Waals surface area contributed by atoms with Gasteiger partial charge in [0.25, 0.3) is 5.56 Å². The molecule has 0 saturated heterocycles. The second-order valence-electron chi connectivity index (χ2n) is 7.43. The molecule has 0 amide bonds. The third kappa shape index (κ3) is 4.04. The van der Waals surface area contributed by atoms with E-state index in [1.807, 2.05) is 55.5 Å². The van der Waals surface area contributed by atoms with Gasteiger partial charge in [-0.25, -0.2) is 4.52 Å². The molecule has 0 saturated carbocycles. The first-order chi connectivity index (χ1) is 15.0. The van der Waals surface area contributed by atoms with Gasteiger partial charge in [-0.15, -0.1) is 6.58 Å². The van der Waals surface area contributed by atoms with Gasteiger partial charge in [0.05, 0.1) is 30.3 Å².